The van der Waals surface area contributed by atoms with Gasteiger partial charge in [0.2, 0.25) is 0 Å². The van der Waals surface area contributed by atoms with Crippen LogP contribution in [-0.2, 0) is 0 Å². The third kappa shape index (κ3) is 4.68. The van der Waals surface area contributed by atoms with Crippen LogP contribution in [0.5, 0.6) is 0 Å². The Labute approximate surface area is 263 Å². The predicted octanol–water partition coefficient (Wildman–Crippen LogP) is 9.31. The first-order chi connectivity index (χ1) is 22.0. The quantitative estimate of drug-likeness (QED) is 0.0632. The highest BCUT2D eigenvalue weighted by Crippen LogP contribution is 2.46. The van der Waals surface area contributed by atoms with E-state index in [0.717, 1.165) is 70.8 Å². The normalized spacial score (nSPS) is 14.7. The fourth-order valence-electron chi connectivity index (χ4n) is 7.91. The highest BCUT2D eigenvalue weighted by molar-refractivity contribution is 6.41. The van der Waals surface area contributed by atoms with Crippen molar-refractivity contribution in [3.8, 4) is 0 Å². The molecule has 0 aliphatic carbocycles. The average molecular weight is 601 g/mol. The lowest BCUT2D eigenvalue weighted by Crippen LogP contribution is -2.47. The molecule has 6 heteroatoms. The molecule has 1 N–H and O–H groups in total. The maximum atomic E-state index is 14.3. The van der Waals surface area contributed by atoms with Crippen LogP contribution < -0.4 is 5.32 Å². The lowest BCUT2D eigenvalue weighted by Gasteiger charge is -2.35. The van der Waals surface area contributed by atoms with Crippen LogP contribution in [0.2, 0.25) is 0 Å². The lowest BCUT2D eigenvalue weighted by atomic mass is 9.82. The smallest absolute Gasteiger partial charge is 0.261 e. The first kappa shape index (κ1) is 29.4. The molecule has 0 bridgehead atoms. The minimum Gasteiger partial charge on any atom is -0.288 e. The number of hydrogen-bond donors (Lipinski definition) is 1. The molecule has 5 aromatic rings. The minimum absolute atomic E-state index is 0.107. The molecule has 0 fully saturated rings. The van der Waals surface area contributed by atoms with Gasteiger partial charge in [-0.25, -0.2) is 0 Å². The number of fused-ring (bicyclic) bond motifs is 2. The monoisotopic (exact) mass is 600 g/mol. The van der Waals surface area contributed by atoms with Crippen LogP contribution in [0.25, 0.3) is 43.1 Å². The maximum absolute atomic E-state index is 14.3. The Bertz CT molecular complexity index is 1880. The van der Waals surface area contributed by atoms with Gasteiger partial charge in [0.15, 0.2) is 0 Å². The number of carbonyl (C=O) groups excluding carboxylic acids is 4. The van der Waals surface area contributed by atoms with Crippen LogP contribution in [0.4, 0.5) is 0 Å². The molecule has 0 radical (unpaired) electrons. The molecular formula is C39H40N2O4. The summed E-state index contributed by atoms with van der Waals surface area (Å²) < 4.78 is 0. The van der Waals surface area contributed by atoms with Crippen molar-refractivity contribution < 1.29 is 19.2 Å². The van der Waals surface area contributed by atoms with Crippen LogP contribution in [0.3, 0.4) is 0 Å². The van der Waals surface area contributed by atoms with Crippen molar-refractivity contribution in [1.29, 1.82) is 0 Å². The summed E-state index contributed by atoms with van der Waals surface area (Å²) in [6.07, 6.45) is 13.1. The van der Waals surface area contributed by atoms with Crippen molar-refractivity contribution in [2.24, 2.45) is 0 Å². The van der Waals surface area contributed by atoms with E-state index in [-0.39, 0.29) is 17.9 Å². The van der Waals surface area contributed by atoms with Gasteiger partial charge in [0.25, 0.3) is 23.6 Å². The second kappa shape index (κ2) is 11.9. The number of rotatable bonds is 13. The highest BCUT2D eigenvalue weighted by Gasteiger charge is 2.38. The van der Waals surface area contributed by atoms with Gasteiger partial charge in [-0.15, -0.1) is 0 Å². The van der Waals surface area contributed by atoms with Crippen molar-refractivity contribution in [1.82, 2.24) is 10.2 Å². The van der Waals surface area contributed by atoms with E-state index >= 15 is 0 Å². The molecule has 5 aromatic carbocycles. The molecule has 0 atom stereocenters. The summed E-state index contributed by atoms with van der Waals surface area (Å²) in [5.74, 6) is -1.18. The fraction of sp³-hybridized carbons (Fsp3) is 0.385. The number of nitrogens with one attached hydrogen (secondary N) is 1. The van der Waals surface area contributed by atoms with Crippen LogP contribution in [0.15, 0.2) is 48.5 Å². The van der Waals surface area contributed by atoms with E-state index in [2.05, 4.69) is 19.2 Å². The summed E-state index contributed by atoms with van der Waals surface area (Å²) in [6.45, 7) is 4.42. The molecule has 230 valence electrons. The number of unbranched alkanes of at least 4 members (excludes halogenated alkanes) is 8. The second-order valence-corrected chi connectivity index (χ2v) is 13.0. The van der Waals surface area contributed by atoms with E-state index in [0.29, 0.717) is 33.0 Å². The summed E-state index contributed by atoms with van der Waals surface area (Å²) >= 11 is 0. The molecule has 4 amide bonds. The van der Waals surface area contributed by atoms with Gasteiger partial charge in [-0.2, -0.15) is 0 Å². The molecule has 0 unspecified atom stereocenters. The maximum Gasteiger partial charge on any atom is 0.261 e. The number of carbonyl (C=O) groups is 4. The average Bonchev–Trinajstić information content (AvgIpc) is 3.04. The lowest BCUT2D eigenvalue weighted by molar-refractivity contribution is 0.0516. The van der Waals surface area contributed by atoms with Gasteiger partial charge in [0.1, 0.15) is 0 Å². The zero-order chi connectivity index (χ0) is 31.2. The van der Waals surface area contributed by atoms with Gasteiger partial charge in [-0.3, -0.25) is 29.4 Å². The molecule has 2 aliphatic heterocycles. The molecule has 0 aromatic heterocycles. The van der Waals surface area contributed by atoms with Crippen LogP contribution in [-0.4, -0.2) is 34.6 Å². The zero-order valence-corrected chi connectivity index (χ0v) is 26.3. The van der Waals surface area contributed by atoms with Gasteiger partial charge in [-0.05, 0) is 69.4 Å². The van der Waals surface area contributed by atoms with E-state index in [4.69, 9.17) is 0 Å². The summed E-state index contributed by atoms with van der Waals surface area (Å²) in [5, 5.41) is 9.23. The van der Waals surface area contributed by atoms with E-state index in [1.165, 1.54) is 38.5 Å². The minimum atomic E-state index is -0.395. The third-order valence-electron chi connectivity index (χ3n) is 10.2. The second-order valence-electron chi connectivity index (χ2n) is 13.0. The van der Waals surface area contributed by atoms with Crippen molar-refractivity contribution in [3.63, 3.8) is 0 Å². The largest absolute Gasteiger partial charge is 0.288 e. The third-order valence-corrected chi connectivity index (χ3v) is 10.2. The van der Waals surface area contributed by atoms with E-state index in [1.807, 2.05) is 36.4 Å². The topological polar surface area (TPSA) is 83.6 Å². The highest BCUT2D eigenvalue weighted by atomic mass is 16.2. The Morgan fingerprint density at radius 1 is 0.489 bits per heavy atom. The molecule has 7 rings (SSSR count). The molecule has 2 aliphatic rings. The summed E-state index contributed by atoms with van der Waals surface area (Å²) in [6, 6.07) is 15.0. The number of nitrogens with zero attached hydrogens (tertiary/aromatic N) is 1. The molecule has 6 nitrogen and oxygen atoms in total. The van der Waals surface area contributed by atoms with Crippen molar-refractivity contribution >= 4 is 66.7 Å². The predicted molar refractivity (Wildman–Crippen MR) is 180 cm³/mol. The molecule has 0 saturated carbocycles. The van der Waals surface area contributed by atoms with E-state index in [9.17, 15) is 19.2 Å². The number of amides is 4. The Kier molecular flexibility index (Phi) is 7.76. The Morgan fingerprint density at radius 3 is 1.29 bits per heavy atom. The number of imide groups is 2. The van der Waals surface area contributed by atoms with Crippen molar-refractivity contribution in [2.45, 2.75) is 96.9 Å². The standard InChI is InChI=1S/C39H40N2O4/c1-3-5-7-9-11-13-23(14-12-10-8-6-4-2)41-38(44)30-21-17-26-24-15-19-28-34-29(37(43)40-36(28)42)20-16-25(32(24)34)27-18-22-31(39(41)45)35(30)33(26)27/h15-23H,3-14H2,1-2H3,(H,40,42,43). The van der Waals surface area contributed by atoms with Crippen molar-refractivity contribution in [2.75, 3.05) is 0 Å². The number of benzene rings is 5. The van der Waals surface area contributed by atoms with Crippen molar-refractivity contribution in [3.05, 3.63) is 70.8 Å². The first-order valence-electron chi connectivity index (χ1n) is 16.9. The van der Waals surface area contributed by atoms with E-state index in [1.54, 1.807) is 17.0 Å². The van der Waals surface area contributed by atoms with Crippen LogP contribution in [0.1, 0.15) is 132 Å². The summed E-state index contributed by atoms with van der Waals surface area (Å²) in [5.41, 5.74) is 2.12. The molecule has 0 saturated heterocycles. The Hall–Kier alpha value is -4.32. The van der Waals surface area contributed by atoms with Gasteiger partial charge < -0.3 is 0 Å². The Morgan fingerprint density at radius 2 is 0.867 bits per heavy atom. The van der Waals surface area contributed by atoms with Crippen LogP contribution >= 0.6 is 0 Å². The summed E-state index contributed by atoms with van der Waals surface area (Å²) in [7, 11) is 0. The van der Waals surface area contributed by atoms with Gasteiger partial charge in [0.05, 0.1) is 0 Å². The fourth-order valence-corrected chi connectivity index (χ4v) is 7.91. The van der Waals surface area contributed by atoms with Gasteiger partial charge in [-0.1, -0.05) is 102 Å². The molecule has 2 heterocycles. The molecule has 45 heavy (non-hydrogen) atoms. The first-order valence-corrected chi connectivity index (χ1v) is 16.9. The molecular weight excluding hydrogens is 560 g/mol. The van der Waals surface area contributed by atoms with Crippen LogP contribution in [0, 0.1) is 0 Å². The van der Waals surface area contributed by atoms with Gasteiger partial charge in [0, 0.05) is 39.1 Å². The molecule has 0 spiro atoms. The summed E-state index contributed by atoms with van der Waals surface area (Å²) in [4.78, 5) is 55.7. The zero-order valence-electron chi connectivity index (χ0n) is 26.3. The van der Waals surface area contributed by atoms with Gasteiger partial charge >= 0.3 is 0 Å². The Balaban J connectivity index is 1.34. The number of hydrogen-bond acceptors (Lipinski definition) is 4. The SMILES string of the molecule is CCCCCCCC(CCCCCCC)N1C(=O)c2ccc3c4ccc5c6c(ccc(c7ccc(c2c37)C1=O)c64)C(=O)NC5=O. The van der Waals surface area contributed by atoms with E-state index < -0.39 is 11.8 Å².